The van der Waals surface area contributed by atoms with Gasteiger partial charge in [-0.3, -0.25) is 0 Å². The molecule has 1 N–H and O–H groups in total. The van der Waals surface area contributed by atoms with Crippen molar-refractivity contribution in [3.63, 3.8) is 0 Å². The third-order valence-corrected chi connectivity index (χ3v) is 4.80. The van der Waals surface area contributed by atoms with Crippen molar-refractivity contribution in [1.82, 2.24) is 29.5 Å². The molecule has 4 aromatic rings. The zero-order valence-electron chi connectivity index (χ0n) is 13.2. The molecule has 0 saturated carbocycles. The van der Waals surface area contributed by atoms with E-state index in [0.717, 1.165) is 35.6 Å². The zero-order valence-corrected chi connectivity index (χ0v) is 13.9. The third-order valence-electron chi connectivity index (χ3n) is 4.48. The first-order valence-electron chi connectivity index (χ1n) is 8.01. The summed E-state index contributed by atoms with van der Waals surface area (Å²) in [6.45, 7) is 0.783. The first kappa shape index (κ1) is 14.4. The predicted molar refractivity (Wildman–Crippen MR) is 93.7 cm³/mol. The quantitative estimate of drug-likeness (QED) is 0.601. The van der Waals surface area contributed by atoms with Crippen molar-refractivity contribution in [2.24, 2.45) is 0 Å². The first-order chi connectivity index (χ1) is 12.3. The normalized spacial score (nSPS) is 17.0. The molecule has 0 radical (unpaired) electrons. The highest BCUT2D eigenvalue weighted by molar-refractivity contribution is 6.33. The summed E-state index contributed by atoms with van der Waals surface area (Å²) in [5.74, 6) is 0.671. The van der Waals surface area contributed by atoms with Gasteiger partial charge >= 0.3 is 0 Å². The maximum Gasteiger partial charge on any atom is 0.226 e. The summed E-state index contributed by atoms with van der Waals surface area (Å²) in [5, 5.41) is 5.40. The molecule has 1 aliphatic heterocycles. The van der Waals surface area contributed by atoms with Crippen molar-refractivity contribution in [3.05, 3.63) is 71.3 Å². The van der Waals surface area contributed by atoms with Crippen LogP contribution in [-0.4, -0.2) is 36.1 Å². The molecule has 5 rings (SSSR count). The number of halogens is 1. The monoisotopic (exact) mass is 351 g/mol. The van der Waals surface area contributed by atoms with E-state index in [1.807, 2.05) is 30.5 Å². The number of H-pyrrole nitrogens is 1. The molecule has 4 aromatic heterocycles. The van der Waals surface area contributed by atoms with E-state index in [-0.39, 0.29) is 6.04 Å². The van der Waals surface area contributed by atoms with Crippen molar-refractivity contribution >= 4 is 23.1 Å². The Balaban J connectivity index is 1.70. The molecule has 0 aromatic carbocycles. The molecule has 5 heterocycles. The number of aromatic nitrogens is 6. The Morgan fingerprint density at radius 1 is 1.16 bits per heavy atom. The molecule has 0 amide bonds. The van der Waals surface area contributed by atoms with Gasteiger partial charge in [0.25, 0.3) is 0 Å². The Bertz CT molecular complexity index is 1040. The molecule has 0 aliphatic carbocycles. The van der Waals surface area contributed by atoms with Gasteiger partial charge in [0.1, 0.15) is 6.04 Å². The number of imidazole rings is 1. The van der Waals surface area contributed by atoms with E-state index in [0.29, 0.717) is 11.0 Å². The fraction of sp³-hybridized carbons (Fsp3) is 0.176. The van der Waals surface area contributed by atoms with Crippen LogP contribution >= 0.6 is 11.6 Å². The average Bonchev–Trinajstić information content (AvgIpc) is 3.29. The fourth-order valence-electron chi connectivity index (χ4n) is 3.36. The summed E-state index contributed by atoms with van der Waals surface area (Å²) in [6.07, 6.45) is 7.98. The van der Waals surface area contributed by atoms with Gasteiger partial charge < -0.3 is 9.88 Å². The molecular weight excluding hydrogens is 338 g/mol. The molecule has 124 valence electrons. The van der Waals surface area contributed by atoms with Crippen molar-refractivity contribution in [1.29, 1.82) is 0 Å². The highest BCUT2D eigenvalue weighted by atomic mass is 35.5. The number of hydrogen-bond acceptors (Lipinski definition) is 5. The van der Waals surface area contributed by atoms with Crippen LogP contribution in [0.2, 0.25) is 5.02 Å². The Morgan fingerprint density at radius 3 is 2.88 bits per heavy atom. The Labute approximate surface area is 148 Å². The summed E-state index contributed by atoms with van der Waals surface area (Å²) in [4.78, 5) is 18.8. The minimum absolute atomic E-state index is 0.159. The Hall–Kier alpha value is -2.93. The van der Waals surface area contributed by atoms with Gasteiger partial charge in [-0.2, -0.15) is 5.10 Å². The van der Waals surface area contributed by atoms with Gasteiger partial charge in [-0.15, -0.1) is 0 Å². The molecule has 0 saturated heterocycles. The summed E-state index contributed by atoms with van der Waals surface area (Å²) in [6, 6.07) is 7.40. The van der Waals surface area contributed by atoms with Crippen LogP contribution < -0.4 is 4.90 Å². The number of rotatable bonds is 2. The molecule has 8 heteroatoms. The first-order valence-corrected chi connectivity index (χ1v) is 8.38. The number of fused-ring (bicyclic) bond motifs is 2. The SMILES string of the molecule is Clc1cccn2nc([C@@H]3c4nc[nH]c4CCN3c3ncccn3)cc12. The van der Waals surface area contributed by atoms with Gasteiger partial charge in [-0.25, -0.2) is 19.5 Å². The van der Waals surface area contributed by atoms with E-state index >= 15 is 0 Å². The van der Waals surface area contributed by atoms with Crippen molar-refractivity contribution < 1.29 is 0 Å². The van der Waals surface area contributed by atoms with Crippen molar-refractivity contribution in [3.8, 4) is 0 Å². The second-order valence-electron chi connectivity index (χ2n) is 5.92. The lowest BCUT2D eigenvalue weighted by molar-refractivity contribution is 0.602. The summed E-state index contributed by atoms with van der Waals surface area (Å²) in [7, 11) is 0. The van der Waals surface area contributed by atoms with Crippen LogP contribution in [0.3, 0.4) is 0 Å². The van der Waals surface area contributed by atoms with Gasteiger partial charge in [-0.1, -0.05) is 11.6 Å². The van der Waals surface area contributed by atoms with E-state index in [4.69, 9.17) is 16.7 Å². The number of aromatic amines is 1. The van der Waals surface area contributed by atoms with Crippen LogP contribution in [-0.2, 0) is 6.42 Å². The average molecular weight is 352 g/mol. The molecule has 0 spiro atoms. The summed E-state index contributed by atoms with van der Waals surface area (Å²) in [5.41, 5.74) is 3.82. The van der Waals surface area contributed by atoms with Crippen LogP contribution in [0.15, 0.2) is 49.2 Å². The van der Waals surface area contributed by atoms with E-state index in [1.165, 1.54) is 0 Å². The largest absolute Gasteiger partial charge is 0.348 e. The standard InChI is InChI=1S/C17H14ClN7/c18-11-3-1-7-25-14(11)9-13(23-25)16-15-12(21-10-22-15)4-8-24(16)17-19-5-2-6-20-17/h1-3,5-7,9-10,16H,4,8H2,(H,21,22)/t16-/m1/s1. The van der Waals surface area contributed by atoms with Crippen molar-refractivity contribution in [2.45, 2.75) is 12.5 Å². The Kier molecular flexibility index (Phi) is 3.21. The highest BCUT2D eigenvalue weighted by Gasteiger charge is 2.34. The second kappa shape index (κ2) is 5.56. The molecular formula is C17H14ClN7. The van der Waals surface area contributed by atoms with E-state index in [2.05, 4.69) is 24.8 Å². The van der Waals surface area contributed by atoms with Gasteiger partial charge in [0, 0.05) is 37.3 Å². The number of pyridine rings is 1. The molecule has 25 heavy (non-hydrogen) atoms. The van der Waals surface area contributed by atoms with Crippen LogP contribution in [0.5, 0.6) is 0 Å². The Morgan fingerprint density at radius 2 is 2.04 bits per heavy atom. The number of nitrogens with one attached hydrogen (secondary N) is 1. The molecule has 7 nitrogen and oxygen atoms in total. The summed E-state index contributed by atoms with van der Waals surface area (Å²) >= 11 is 6.32. The van der Waals surface area contributed by atoms with Crippen LogP contribution in [0.4, 0.5) is 5.95 Å². The van der Waals surface area contributed by atoms with Crippen LogP contribution in [0.1, 0.15) is 23.1 Å². The molecule has 1 atom stereocenters. The van der Waals surface area contributed by atoms with Crippen molar-refractivity contribution in [2.75, 3.05) is 11.4 Å². The zero-order chi connectivity index (χ0) is 16.8. The van der Waals surface area contributed by atoms with E-state index < -0.39 is 0 Å². The predicted octanol–water partition coefficient (Wildman–Crippen LogP) is 2.65. The molecule has 0 fully saturated rings. The lowest BCUT2D eigenvalue weighted by Gasteiger charge is -2.33. The topological polar surface area (TPSA) is 75.0 Å². The lowest BCUT2D eigenvalue weighted by atomic mass is 10.0. The number of anilines is 1. The second-order valence-corrected chi connectivity index (χ2v) is 6.32. The van der Waals surface area contributed by atoms with Gasteiger partial charge in [0.15, 0.2) is 0 Å². The van der Waals surface area contributed by atoms with Gasteiger partial charge in [0.05, 0.1) is 28.3 Å². The fourth-order valence-corrected chi connectivity index (χ4v) is 3.58. The van der Waals surface area contributed by atoms with E-state index in [9.17, 15) is 0 Å². The molecule has 0 bridgehead atoms. The number of hydrogen-bond donors (Lipinski definition) is 1. The lowest BCUT2D eigenvalue weighted by Crippen LogP contribution is -2.37. The molecule has 0 unspecified atom stereocenters. The highest BCUT2D eigenvalue weighted by Crippen LogP contribution is 2.35. The number of nitrogens with zero attached hydrogens (tertiary/aromatic N) is 6. The van der Waals surface area contributed by atoms with E-state index in [1.54, 1.807) is 23.2 Å². The minimum Gasteiger partial charge on any atom is -0.348 e. The molecule has 1 aliphatic rings. The van der Waals surface area contributed by atoms with Gasteiger partial charge in [0.2, 0.25) is 5.95 Å². The maximum absolute atomic E-state index is 6.32. The minimum atomic E-state index is -0.159. The smallest absolute Gasteiger partial charge is 0.226 e. The summed E-state index contributed by atoms with van der Waals surface area (Å²) < 4.78 is 1.79. The van der Waals surface area contributed by atoms with Crippen LogP contribution in [0.25, 0.3) is 5.52 Å². The van der Waals surface area contributed by atoms with Crippen LogP contribution in [0, 0.1) is 0 Å². The van der Waals surface area contributed by atoms with Gasteiger partial charge in [-0.05, 0) is 24.3 Å². The maximum atomic E-state index is 6.32. The third kappa shape index (κ3) is 2.27.